The van der Waals surface area contributed by atoms with Crippen LogP contribution >= 0.6 is 0 Å². The third kappa shape index (κ3) is 0.597. The lowest BCUT2D eigenvalue weighted by molar-refractivity contribution is 0.804. The fourth-order valence-corrected chi connectivity index (χ4v) is 2.35. The van der Waals surface area contributed by atoms with Crippen molar-refractivity contribution in [2.24, 2.45) is 0 Å². The summed E-state index contributed by atoms with van der Waals surface area (Å²) in [4.78, 5) is 0. The maximum absolute atomic E-state index is 2.35. The first-order valence-electron chi connectivity index (χ1n) is 4.22. The summed E-state index contributed by atoms with van der Waals surface area (Å²) < 4.78 is 0. The van der Waals surface area contributed by atoms with Crippen LogP contribution in [0.5, 0.6) is 0 Å². The predicted molar refractivity (Wildman–Crippen MR) is 45.7 cm³/mol. The van der Waals surface area contributed by atoms with Crippen molar-refractivity contribution in [3.8, 4) is 0 Å². The van der Waals surface area contributed by atoms with Gasteiger partial charge < -0.3 is 0 Å². The first-order chi connectivity index (χ1) is 5.45. The molecule has 2 unspecified atom stereocenters. The smallest absolute Gasteiger partial charge is 0.00299 e. The van der Waals surface area contributed by atoms with Crippen molar-refractivity contribution < 1.29 is 0 Å². The molecule has 0 spiro atoms. The van der Waals surface area contributed by atoms with Crippen molar-refractivity contribution >= 4 is 0 Å². The maximum atomic E-state index is 2.35. The first kappa shape index (κ1) is 5.59. The Morgan fingerprint density at radius 3 is 2.00 bits per heavy atom. The van der Waals surface area contributed by atoms with Gasteiger partial charge in [-0.3, -0.25) is 0 Å². The Bertz CT molecular complexity index is 292. The van der Waals surface area contributed by atoms with E-state index in [0.29, 0.717) is 0 Å². The van der Waals surface area contributed by atoms with Crippen molar-refractivity contribution in [2.45, 2.75) is 18.3 Å². The van der Waals surface area contributed by atoms with Crippen molar-refractivity contribution in [1.29, 1.82) is 0 Å². The molecule has 0 heteroatoms. The topological polar surface area (TPSA) is 0 Å². The highest BCUT2D eigenvalue weighted by Crippen LogP contribution is 2.47. The highest BCUT2D eigenvalue weighted by molar-refractivity contribution is 5.47. The van der Waals surface area contributed by atoms with Gasteiger partial charge in [-0.25, -0.2) is 0 Å². The van der Waals surface area contributed by atoms with Crippen LogP contribution in [0, 0.1) is 0 Å². The van der Waals surface area contributed by atoms with Crippen LogP contribution in [0.15, 0.2) is 36.4 Å². The van der Waals surface area contributed by atoms with E-state index in [4.69, 9.17) is 0 Å². The molecule has 0 nitrogen and oxygen atoms in total. The molecule has 0 saturated carbocycles. The lowest BCUT2D eigenvalue weighted by Gasteiger charge is -2.08. The number of allylic oxidation sites excluding steroid dienone is 2. The molecule has 0 N–H and O–H groups in total. The van der Waals surface area contributed by atoms with E-state index in [0.717, 1.165) is 11.8 Å². The molecule has 2 aliphatic rings. The van der Waals surface area contributed by atoms with E-state index in [1.165, 1.54) is 6.42 Å². The fraction of sp³-hybridized carbons (Fsp3) is 0.273. The van der Waals surface area contributed by atoms with Crippen LogP contribution in [0.25, 0.3) is 0 Å². The van der Waals surface area contributed by atoms with Crippen molar-refractivity contribution in [2.75, 3.05) is 0 Å². The standard InChI is InChI=1S/C11H10/c1-2-4-11-9-6-5-8(7-9)10(11)3-1/h1-6,8-9H,7H2. The summed E-state index contributed by atoms with van der Waals surface area (Å²) in [7, 11) is 0. The Hall–Kier alpha value is -1.04. The molecule has 3 rings (SSSR count). The SMILES string of the molecule is C1=CC2CC1c1ccccc12. The second kappa shape index (κ2) is 1.76. The average molecular weight is 142 g/mol. The average Bonchev–Trinajstić information content (AvgIpc) is 2.64. The van der Waals surface area contributed by atoms with Gasteiger partial charge in [0, 0.05) is 11.8 Å². The van der Waals surface area contributed by atoms with Gasteiger partial charge >= 0.3 is 0 Å². The van der Waals surface area contributed by atoms with E-state index in [1.54, 1.807) is 11.1 Å². The van der Waals surface area contributed by atoms with Crippen LogP contribution in [0.2, 0.25) is 0 Å². The summed E-state index contributed by atoms with van der Waals surface area (Å²) in [5, 5.41) is 0. The number of rotatable bonds is 0. The van der Waals surface area contributed by atoms with Gasteiger partial charge in [-0.1, -0.05) is 36.4 Å². The molecule has 0 heterocycles. The Morgan fingerprint density at radius 1 is 0.909 bits per heavy atom. The third-order valence-electron chi connectivity index (χ3n) is 2.88. The number of hydrogen-bond acceptors (Lipinski definition) is 0. The van der Waals surface area contributed by atoms with Gasteiger partial charge in [-0.15, -0.1) is 0 Å². The number of fused-ring (bicyclic) bond motifs is 5. The molecule has 0 aliphatic heterocycles. The van der Waals surface area contributed by atoms with Gasteiger partial charge in [-0.2, -0.15) is 0 Å². The van der Waals surface area contributed by atoms with Gasteiger partial charge in [0.1, 0.15) is 0 Å². The molecule has 0 aromatic heterocycles. The van der Waals surface area contributed by atoms with Crippen molar-refractivity contribution in [3.05, 3.63) is 47.5 Å². The second-order valence-corrected chi connectivity index (χ2v) is 3.46. The van der Waals surface area contributed by atoms with Crippen LogP contribution in [0.4, 0.5) is 0 Å². The minimum absolute atomic E-state index is 0.746. The van der Waals surface area contributed by atoms with E-state index in [2.05, 4.69) is 36.4 Å². The normalized spacial score (nSPS) is 30.9. The molecule has 2 bridgehead atoms. The molecule has 1 aromatic carbocycles. The van der Waals surface area contributed by atoms with E-state index >= 15 is 0 Å². The lowest BCUT2D eigenvalue weighted by Crippen LogP contribution is -1.90. The van der Waals surface area contributed by atoms with Crippen LogP contribution < -0.4 is 0 Å². The molecular formula is C11H10. The van der Waals surface area contributed by atoms with E-state index < -0.39 is 0 Å². The first-order valence-corrected chi connectivity index (χ1v) is 4.22. The second-order valence-electron chi connectivity index (χ2n) is 3.46. The molecular weight excluding hydrogens is 132 g/mol. The molecule has 1 aromatic rings. The summed E-state index contributed by atoms with van der Waals surface area (Å²) >= 11 is 0. The Morgan fingerprint density at radius 2 is 1.45 bits per heavy atom. The molecule has 11 heavy (non-hydrogen) atoms. The zero-order chi connectivity index (χ0) is 7.26. The monoisotopic (exact) mass is 142 g/mol. The van der Waals surface area contributed by atoms with Crippen LogP contribution in [-0.4, -0.2) is 0 Å². The zero-order valence-corrected chi connectivity index (χ0v) is 6.33. The molecule has 0 saturated heterocycles. The quantitative estimate of drug-likeness (QED) is 0.488. The zero-order valence-electron chi connectivity index (χ0n) is 6.33. The van der Waals surface area contributed by atoms with Gasteiger partial charge in [0.05, 0.1) is 0 Å². The summed E-state index contributed by atoms with van der Waals surface area (Å²) in [6.07, 6.45) is 6.04. The Balaban J connectivity index is 2.28. The maximum Gasteiger partial charge on any atom is 0.00299 e. The Labute approximate surface area is 66.6 Å². The lowest BCUT2D eigenvalue weighted by atomic mass is 9.97. The van der Waals surface area contributed by atoms with Gasteiger partial charge in [-0.05, 0) is 17.5 Å². The van der Waals surface area contributed by atoms with Crippen molar-refractivity contribution in [3.63, 3.8) is 0 Å². The van der Waals surface area contributed by atoms with Gasteiger partial charge in [0.15, 0.2) is 0 Å². The predicted octanol–water partition coefficient (Wildman–Crippen LogP) is 2.83. The van der Waals surface area contributed by atoms with E-state index in [9.17, 15) is 0 Å². The molecule has 54 valence electrons. The minimum atomic E-state index is 0.746. The highest BCUT2D eigenvalue weighted by atomic mass is 14.3. The summed E-state index contributed by atoms with van der Waals surface area (Å²) in [5.74, 6) is 1.49. The number of hydrogen-bond donors (Lipinski definition) is 0. The summed E-state index contributed by atoms with van der Waals surface area (Å²) in [6.45, 7) is 0. The van der Waals surface area contributed by atoms with Crippen LogP contribution in [0.3, 0.4) is 0 Å². The largest absolute Gasteiger partial charge is 0.0804 e. The summed E-state index contributed by atoms with van der Waals surface area (Å²) in [6, 6.07) is 8.83. The Kier molecular flexibility index (Phi) is 0.894. The van der Waals surface area contributed by atoms with E-state index in [1.807, 2.05) is 0 Å². The van der Waals surface area contributed by atoms with Crippen LogP contribution in [-0.2, 0) is 0 Å². The molecule has 0 radical (unpaired) electrons. The third-order valence-corrected chi connectivity index (χ3v) is 2.88. The van der Waals surface area contributed by atoms with Gasteiger partial charge in [0.2, 0.25) is 0 Å². The minimum Gasteiger partial charge on any atom is -0.0804 e. The molecule has 2 aliphatic carbocycles. The number of benzene rings is 1. The molecule has 0 amide bonds. The van der Waals surface area contributed by atoms with Gasteiger partial charge in [0.25, 0.3) is 0 Å². The van der Waals surface area contributed by atoms with E-state index in [-0.39, 0.29) is 0 Å². The van der Waals surface area contributed by atoms with Crippen molar-refractivity contribution in [1.82, 2.24) is 0 Å². The summed E-state index contributed by atoms with van der Waals surface area (Å²) in [5.41, 5.74) is 3.14. The van der Waals surface area contributed by atoms with Crippen LogP contribution in [0.1, 0.15) is 29.4 Å². The molecule has 0 fully saturated rings. The molecule has 2 atom stereocenters. The highest BCUT2D eigenvalue weighted by Gasteiger charge is 2.31. The fourth-order valence-electron chi connectivity index (χ4n) is 2.35.